The van der Waals surface area contributed by atoms with Crippen LogP contribution in [0.4, 0.5) is 5.69 Å². The highest BCUT2D eigenvalue weighted by molar-refractivity contribution is 7.73. The molecule has 3 rings (SSSR count). The van der Waals surface area contributed by atoms with Crippen LogP contribution in [-0.4, -0.2) is 27.0 Å². The minimum atomic E-state index is -0.866. The summed E-state index contributed by atoms with van der Waals surface area (Å²) in [4.78, 5) is 15.5. The number of nitrogens with zero attached hydrogens (tertiary/aromatic N) is 2. The first-order chi connectivity index (χ1) is 11.5. The second-order valence-corrected chi connectivity index (χ2v) is 7.34. The highest BCUT2D eigenvalue weighted by atomic mass is 35.5. The van der Waals surface area contributed by atoms with E-state index in [2.05, 4.69) is 4.99 Å². The fourth-order valence-electron chi connectivity index (χ4n) is 2.41. The monoisotopic (exact) mass is 380 g/mol. The smallest absolute Gasteiger partial charge is 0.303 e. The zero-order chi connectivity index (χ0) is 17.3. The van der Waals surface area contributed by atoms with Gasteiger partial charge in [0.25, 0.3) is 0 Å². The molecule has 0 bridgehead atoms. The number of carbonyl (C=O) groups is 1. The summed E-state index contributed by atoms with van der Waals surface area (Å²) in [6, 6.07) is 5.45. The van der Waals surface area contributed by atoms with Gasteiger partial charge in [-0.2, -0.15) is 0 Å². The lowest BCUT2D eigenvalue weighted by molar-refractivity contribution is -0.137. The summed E-state index contributed by atoms with van der Waals surface area (Å²) in [5.74, 6) is -0.819. The molecule has 0 saturated heterocycles. The SMILES string of the molecule is O=C(O)CCCn1c(O)c(C=C2C=Nc3ccc(Cl)cc32)sc1=S. The number of aliphatic carboxylic acids is 1. The number of aromatic hydroxyl groups is 1. The molecule has 0 unspecified atom stereocenters. The lowest BCUT2D eigenvalue weighted by Crippen LogP contribution is -2.01. The fraction of sp³-hybridized carbons (Fsp3) is 0.188. The molecule has 1 aliphatic heterocycles. The first kappa shape index (κ1) is 16.9. The van der Waals surface area contributed by atoms with Gasteiger partial charge in [0.1, 0.15) is 0 Å². The molecule has 0 radical (unpaired) electrons. The molecule has 2 N–H and O–H groups in total. The van der Waals surface area contributed by atoms with Crippen LogP contribution in [0.2, 0.25) is 5.02 Å². The van der Waals surface area contributed by atoms with E-state index in [4.69, 9.17) is 28.9 Å². The average molecular weight is 381 g/mol. The van der Waals surface area contributed by atoms with Gasteiger partial charge in [-0.05, 0) is 42.9 Å². The van der Waals surface area contributed by atoms with E-state index >= 15 is 0 Å². The van der Waals surface area contributed by atoms with Gasteiger partial charge in [0, 0.05) is 35.3 Å². The molecule has 1 aliphatic rings. The molecule has 0 saturated carbocycles. The molecular weight excluding hydrogens is 368 g/mol. The van der Waals surface area contributed by atoms with Crippen LogP contribution < -0.4 is 0 Å². The maximum atomic E-state index is 10.6. The summed E-state index contributed by atoms with van der Waals surface area (Å²) >= 11 is 12.6. The predicted octanol–water partition coefficient (Wildman–Crippen LogP) is 4.76. The highest BCUT2D eigenvalue weighted by Crippen LogP contribution is 2.37. The third-order valence-electron chi connectivity index (χ3n) is 3.56. The van der Waals surface area contributed by atoms with Gasteiger partial charge < -0.3 is 10.2 Å². The average Bonchev–Trinajstić information content (AvgIpc) is 3.03. The van der Waals surface area contributed by atoms with E-state index < -0.39 is 5.97 Å². The maximum absolute atomic E-state index is 10.6. The van der Waals surface area contributed by atoms with E-state index in [1.54, 1.807) is 16.8 Å². The van der Waals surface area contributed by atoms with Crippen molar-refractivity contribution in [3.63, 3.8) is 0 Å². The molecule has 24 heavy (non-hydrogen) atoms. The molecule has 0 fully saturated rings. The number of hydrogen-bond donors (Lipinski definition) is 2. The van der Waals surface area contributed by atoms with E-state index in [9.17, 15) is 9.90 Å². The van der Waals surface area contributed by atoms with E-state index in [1.165, 1.54) is 11.3 Å². The molecule has 124 valence electrons. The third-order valence-corrected chi connectivity index (χ3v) is 5.19. The number of fused-ring (bicyclic) bond motifs is 1. The number of aliphatic imine (C=N–C) groups is 1. The maximum Gasteiger partial charge on any atom is 0.303 e. The zero-order valence-corrected chi connectivity index (χ0v) is 14.8. The Kier molecular flexibility index (Phi) is 4.84. The van der Waals surface area contributed by atoms with E-state index in [0.29, 0.717) is 26.8 Å². The summed E-state index contributed by atoms with van der Waals surface area (Å²) in [6.45, 7) is 0.368. The minimum Gasteiger partial charge on any atom is -0.493 e. The third kappa shape index (κ3) is 3.43. The molecule has 0 atom stereocenters. The Balaban J connectivity index is 1.90. The van der Waals surface area contributed by atoms with E-state index in [1.807, 2.05) is 18.2 Å². The Bertz CT molecular complexity index is 928. The van der Waals surface area contributed by atoms with Crippen molar-refractivity contribution in [2.45, 2.75) is 19.4 Å². The van der Waals surface area contributed by atoms with E-state index in [-0.39, 0.29) is 12.3 Å². The van der Waals surface area contributed by atoms with Gasteiger partial charge >= 0.3 is 5.97 Å². The van der Waals surface area contributed by atoms with Crippen molar-refractivity contribution in [2.75, 3.05) is 0 Å². The van der Waals surface area contributed by atoms with Crippen molar-refractivity contribution in [3.05, 3.63) is 37.6 Å². The Morgan fingerprint density at radius 3 is 3.00 bits per heavy atom. The molecular formula is C16H13ClN2O3S2. The summed E-state index contributed by atoms with van der Waals surface area (Å²) in [7, 11) is 0. The zero-order valence-electron chi connectivity index (χ0n) is 12.4. The number of benzene rings is 1. The summed E-state index contributed by atoms with van der Waals surface area (Å²) < 4.78 is 2.06. The summed E-state index contributed by atoms with van der Waals surface area (Å²) in [5.41, 5.74) is 2.57. The number of carboxylic acid groups (broad SMARTS) is 1. The van der Waals surface area contributed by atoms with Gasteiger partial charge in [-0.1, -0.05) is 11.6 Å². The number of carboxylic acids is 1. The van der Waals surface area contributed by atoms with Crippen LogP contribution in [0.15, 0.2) is 23.2 Å². The highest BCUT2D eigenvalue weighted by Gasteiger charge is 2.16. The number of thiazole rings is 1. The normalized spacial score (nSPS) is 14.3. The van der Waals surface area contributed by atoms with Crippen molar-refractivity contribution in [1.29, 1.82) is 0 Å². The van der Waals surface area contributed by atoms with Crippen LogP contribution in [0.3, 0.4) is 0 Å². The molecule has 0 amide bonds. The van der Waals surface area contributed by atoms with Crippen molar-refractivity contribution < 1.29 is 15.0 Å². The molecule has 2 aromatic rings. The first-order valence-corrected chi connectivity index (χ1v) is 8.76. The Labute approximate surface area is 152 Å². The first-order valence-electron chi connectivity index (χ1n) is 7.16. The summed E-state index contributed by atoms with van der Waals surface area (Å²) in [6.07, 6.45) is 3.98. The Hall–Kier alpha value is -1.96. The van der Waals surface area contributed by atoms with Gasteiger partial charge in [-0.15, -0.1) is 11.3 Å². The van der Waals surface area contributed by atoms with Crippen molar-refractivity contribution in [1.82, 2.24) is 4.57 Å². The van der Waals surface area contributed by atoms with Gasteiger partial charge in [0.05, 0.1) is 10.6 Å². The molecule has 0 spiro atoms. The number of aromatic nitrogens is 1. The van der Waals surface area contributed by atoms with Crippen LogP contribution in [0.25, 0.3) is 11.6 Å². The topological polar surface area (TPSA) is 74.8 Å². The second-order valence-electron chi connectivity index (χ2n) is 5.22. The van der Waals surface area contributed by atoms with Gasteiger partial charge in [0.2, 0.25) is 5.88 Å². The largest absolute Gasteiger partial charge is 0.493 e. The number of hydrogen-bond acceptors (Lipinski definition) is 5. The molecule has 1 aromatic heterocycles. The van der Waals surface area contributed by atoms with Crippen LogP contribution in [-0.2, 0) is 11.3 Å². The molecule has 0 aliphatic carbocycles. The minimum absolute atomic E-state index is 0.0337. The summed E-state index contributed by atoms with van der Waals surface area (Å²) in [5, 5.41) is 19.7. The van der Waals surface area contributed by atoms with Crippen LogP contribution in [0.1, 0.15) is 23.3 Å². The van der Waals surface area contributed by atoms with E-state index in [0.717, 1.165) is 16.8 Å². The lowest BCUT2D eigenvalue weighted by atomic mass is 10.1. The Morgan fingerprint density at radius 2 is 2.25 bits per heavy atom. The lowest BCUT2D eigenvalue weighted by Gasteiger charge is -2.03. The number of halogens is 1. The van der Waals surface area contributed by atoms with Crippen LogP contribution >= 0.6 is 35.2 Å². The van der Waals surface area contributed by atoms with Crippen molar-refractivity contribution in [3.8, 4) is 5.88 Å². The van der Waals surface area contributed by atoms with Gasteiger partial charge in [0.15, 0.2) is 3.95 Å². The quantitative estimate of drug-likeness (QED) is 0.733. The van der Waals surface area contributed by atoms with Gasteiger partial charge in [-0.25, -0.2) is 0 Å². The standard InChI is InChI=1S/C16H13ClN2O3S2/c17-10-3-4-12-11(7-10)9(8-18-12)6-13-15(22)19(16(23)24-13)5-1-2-14(20)21/h3-4,6-8,22H,1-2,5H2,(H,20,21). The molecule has 2 heterocycles. The molecule has 5 nitrogen and oxygen atoms in total. The Morgan fingerprint density at radius 1 is 1.46 bits per heavy atom. The van der Waals surface area contributed by atoms with Crippen LogP contribution in [0, 0.1) is 3.95 Å². The van der Waals surface area contributed by atoms with Crippen molar-refractivity contribution >= 4 is 64.7 Å². The fourth-order valence-corrected chi connectivity index (χ4v) is 3.89. The second kappa shape index (κ2) is 6.88. The molecule has 8 heteroatoms. The molecule has 1 aromatic carbocycles. The number of rotatable bonds is 5. The van der Waals surface area contributed by atoms with Crippen LogP contribution in [0.5, 0.6) is 5.88 Å². The van der Waals surface area contributed by atoms with Crippen molar-refractivity contribution in [2.24, 2.45) is 4.99 Å². The van der Waals surface area contributed by atoms with Gasteiger partial charge in [-0.3, -0.25) is 14.4 Å². The predicted molar refractivity (Wildman–Crippen MR) is 99.2 cm³/mol. The number of allylic oxidation sites excluding steroid dienone is 1.